The smallest absolute Gasteiger partial charge is 0.339 e. The number of alkyl halides is 3. The Balaban J connectivity index is 1.71. The molecule has 8 nitrogen and oxygen atoms in total. The lowest BCUT2D eigenvalue weighted by atomic mass is 9.92. The zero-order valence-electron chi connectivity index (χ0n) is 17.0. The van der Waals surface area contributed by atoms with Crippen molar-refractivity contribution in [3.63, 3.8) is 0 Å². The third kappa shape index (κ3) is 4.11. The second kappa shape index (κ2) is 8.27. The summed E-state index contributed by atoms with van der Waals surface area (Å²) in [4.78, 5) is 39.5. The molecular formula is C21H17F3N2O6S. The molecule has 0 unspecified atom stereocenters. The maximum Gasteiger partial charge on any atom is 0.525 e. The molecule has 1 fully saturated rings. The topological polar surface area (TPSA) is 101 Å². The zero-order chi connectivity index (χ0) is 24.0. The number of likely N-dealkylation sites (tertiary alicyclic amines) is 1. The van der Waals surface area contributed by atoms with Gasteiger partial charge >= 0.3 is 15.6 Å². The minimum atomic E-state index is -6.24. The summed E-state index contributed by atoms with van der Waals surface area (Å²) < 4.78 is 64.7. The largest absolute Gasteiger partial charge is 0.525 e. The number of carbonyl (C=O) groups excluding carboxylic acids is 3. The molecule has 0 bridgehead atoms. The highest BCUT2D eigenvalue weighted by Gasteiger charge is 2.51. The maximum atomic E-state index is 12.7. The highest BCUT2D eigenvalue weighted by Crippen LogP contribution is 2.35. The average Bonchev–Trinajstić information content (AvgIpc) is 2.78. The van der Waals surface area contributed by atoms with Gasteiger partial charge in [-0.3, -0.25) is 14.4 Å². The van der Waals surface area contributed by atoms with Crippen molar-refractivity contribution in [2.24, 2.45) is 0 Å². The van der Waals surface area contributed by atoms with Crippen molar-refractivity contribution in [1.82, 2.24) is 9.96 Å². The fourth-order valence-electron chi connectivity index (χ4n) is 3.83. The number of piperidine rings is 1. The number of carbonyl (C=O) groups is 3. The van der Waals surface area contributed by atoms with E-state index in [9.17, 15) is 36.0 Å². The number of rotatable bonds is 4. The van der Waals surface area contributed by atoms with Crippen LogP contribution in [-0.2, 0) is 19.2 Å². The number of hydrogen-bond acceptors (Lipinski definition) is 6. The first-order chi connectivity index (χ1) is 15.5. The van der Waals surface area contributed by atoms with Crippen LogP contribution in [0.4, 0.5) is 13.2 Å². The highest BCUT2D eigenvalue weighted by atomic mass is 32.2. The number of imide groups is 1. The van der Waals surface area contributed by atoms with Gasteiger partial charge in [0.2, 0.25) is 5.91 Å². The Morgan fingerprint density at radius 3 is 2.24 bits per heavy atom. The molecule has 0 aromatic heterocycles. The Hall–Kier alpha value is -3.25. The third-order valence-electron chi connectivity index (χ3n) is 5.43. The summed E-state index contributed by atoms with van der Waals surface area (Å²) in [6.45, 7) is 1.32. The van der Waals surface area contributed by atoms with Crippen molar-refractivity contribution in [2.45, 2.75) is 24.8 Å². The number of hydrogen-bond donors (Lipinski definition) is 0. The first-order valence-electron chi connectivity index (χ1n) is 9.93. The molecule has 0 spiro atoms. The molecule has 33 heavy (non-hydrogen) atoms. The minimum absolute atomic E-state index is 0.129. The van der Waals surface area contributed by atoms with E-state index in [1.807, 2.05) is 0 Å². The summed E-state index contributed by atoms with van der Waals surface area (Å²) in [6.07, 6.45) is 5.83. The molecule has 0 atom stereocenters. The summed E-state index contributed by atoms with van der Waals surface area (Å²) in [6, 6.07) is 6.93. The maximum absolute atomic E-state index is 12.7. The van der Waals surface area contributed by atoms with E-state index in [0.717, 1.165) is 19.3 Å². The quantitative estimate of drug-likeness (QED) is 0.377. The van der Waals surface area contributed by atoms with Crippen LogP contribution in [-0.4, -0.2) is 54.7 Å². The molecule has 4 rings (SSSR count). The van der Waals surface area contributed by atoms with Gasteiger partial charge in [0.1, 0.15) is 0 Å². The molecule has 2 aromatic rings. The van der Waals surface area contributed by atoms with Crippen LogP contribution in [0.5, 0.6) is 0 Å². The van der Waals surface area contributed by atoms with Crippen LogP contribution < -0.4 is 0 Å². The van der Waals surface area contributed by atoms with Gasteiger partial charge in [0.05, 0.1) is 11.1 Å². The van der Waals surface area contributed by atoms with E-state index in [1.165, 1.54) is 36.4 Å². The summed E-state index contributed by atoms with van der Waals surface area (Å²) in [5, 5.41) is 0.118. The van der Waals surface area contributed by atoms with Gasteiger partial charge < -0.3 is 4.90 Å². The average molecular weight is 482 g/mol. The fraction of sp³-hybridized carbons (Fsp3) is 0.286. The van der Waals surface area contributed by atoms with E-state index < -0.39 is 32.5 Å². The number of nitrogens with zero attached hydrogens (tertiary/aromatic N) is 2. The molecule has 12 heteroatoms. The SMILES string of the molecule is O=C(/C=C/c1ccc2c3c(cccc13)C(=O)N(OS(=O)(=O)C(F)(F)F)C2=O)N1CCCCC1. The molecule has 2 aromatic carbocycles. The number of hydroxylamine groups is 2. The van der Waals surface area contributed by atoms with Gasteiger partial charge in [0, 0.05) is 24.6 Å². The molecule has 3 amide bonds. The fourth-order valence-corrected chi connectivity index (χ4v) is 4.25. The van der Waals surface area contributed by atoms with E-state index in [2.05, 4.69) is 4.28 Å². The van der Waals surface area contributed by atoms with Crippen molar-refractivity contribution in [2.75, 3.05) is 13.1 Å². The number of halogens is 3. The van der Waals surface area contributed by atoms with E-state index in [1.54, 1.807) is 11.0 Å². The Morgan fingerprint density at radius 1 is 0.970 bits per heavy atom. The van der Waals surface area contributed by atoms with Crippen molar-refractivity contribution < 1.29 is 40.3 Å². The van der Waals surface area contributed by atoms with Gasteiger partial charge in [0.25, 0.3) is 11.8 Å². The van der Waals surface area contributed by atoms with Crippen molar-refractivity contribution in [3.05, 3.63) is 53.1 Å². The van der Waals surface area contributed by atoms with Crippen molar-refractivity contribution >= 4 is 44.7 Å². The molecule has 2 heterocycles. The van der Waals surface area contributed by atoms with Crippen molar-refractivity contribution in [3.8, 4) is 0 Å². The first kappa shape index (κ1) is 22.9. The minimum Gasteiger partial charge on any atom is -0.339 e. The van der Waals surface area contributed by atoms with Crippen LogP contribution in [0.3, 0.4) is 0 Å². The van der Waals surface area contributed by atoms with Crippen LogP contribution in [0, 0.1) is 0 Å². The Morgan fingerprint density at radius 2 is 1.61 bits per heavy atom. The van der Waals surface area contributed by atoms with Crippen LogP contribution >= 0.6 is 0 Å². The summed E-state index contributed by atoms with van der Waals surface area (Å²) in [5.41, 5.74) is -5.75. The number of benzene rings is 2. The molecule has 1 saturated heterocycles. The highest BCUT2D eigenvalue weighted by molar-refractivity contribution is 7.87. The second-order valence-corrected chi connectivity index (χ2v) is 9.05. The van der Waals surface area contributed by atoms with Crippen LogP contribution in [0.1, 0.15) is 45.5 Å². The van der Waals surface area contributed by atoms with Gasteiger partial charge in [-0.2, -0.15) is 21.6 Å². The molecule has 0 saturated carbocycles. The van der Waals surface area contributed by atoms with Gasteiger partial charge in [-0.15, -0.1) is 9.35 Å². The molecule has 0 N–H and O–H groups in total. The summed E-state index contributed by atoms with van der Waals surface area (Å²) in [5.74, 6) is -2.88. The van der Waals surface area contributed by atoms with Crippen LogP contribution in [0.15, 0.2) is 36.4 Å². The van der Waals surface area contributed by atoms with Gasteiger partial charge in [-0.25, -0.2) is 0 Å². The molecular weight excluding hydrogens is 465 g/mol. The predicted octanol–water partition coefficient (Wildman–Crippen LogP) is 3.24. The lowest BCUT2D eigenvalue weighted by Gasteiger charge is -2.26. The zero-order valence-corrected chi connectivity index (χ0v) is 17.8. The first-order valence-corrected chi connectivity index (χ1v) is 11.3. The Kier molecular flexibility index (Phi) is 5.74. The normalized spacial score (nSPS) is 17.3. The van der Waals surface area contributed by atoms with Crippen LogP contribution in [0.25, 0.3) is 16.8 Å². The lowest BCUT2D eigenvalue weighted by molar-refractivity contribution is -0.126. The second-order valence-electron chi connectivity index (χ2n) is 7.53. The summed E-state index contributed by atoms with van der Waals surface area (Å²) >= 11 is 0. The van der Waals surface area contributed by atoms with E-state index in [-0.39, 0.29) is 22.4 Å². The molecule has 2 aliphatic heterocycles. The number of amides is 3. The third-order valence-corrected chi connectivity index (χ3v) is 6.35. The monoisotopic (exact) mass is 482 g/mol. The van der Waals surface area contributed by atoms with E-state index >= 15 is 0 Å². The Bertz CT molecular complexity index is 1270. The Labute approximate surface area is 186 Å². The molecule has 0 aliphatic carbocycles. The van der Waals surface area contributed by atoms with Crippen molar-refractivity contribution in [1.29, 1.82) is 0 Å². The van der Waals surface area contributed by atoms with Gasteiger partial charge in [-0.05, 0) is 48.4 Å². The van der Waals surface area contributed by atoms with Gasteiger partial charge in [-0.1, -0.05) is 18.2 Å². The standard InChI is InChI=1S/C21H17F3N2O6S/c22-21(23,24)33(30,31)32-26-19(28)15-6-4-5-14-13(7-9-16(18(14)15)20(26)29)8-10-17(27)25-11-2-1-3-12-25/h4-10H,1-3,11-12H2/b10-8+. The van der Waals surface area contributed by atoms with E-state index in [0.29, 0.717) is 24.0 Å². The predicted molar refractivity (Wildman–Crippen MR) is 110 cm³/mol. The molecule has 174 valence electrons. The molecule has 0 radical (unpaired) electrons. The van der Waals surface area contributed by atoms with Gasteiger partial charge in [0.15, 0.2) is 0 Å². The lowest BCUT2D eigenvalue weighted by Crippen LogP contribution is -2.44. The van der Waals surface area contributed by atoms with Crippen LogP contribution in [0.2, 0.25) is 0 Å². The summed E-state index contributed by atoms with van der Waals surface area (Å²) in [7, 11) is -6.24. The molecule has 2 aliphatic rings. The van der Waals surface area contributed by atoms with E-state index in [4.69, 9.17) is 0 Å².